The lowest BCUT2D eigenvalue weighted by Gasteiger charge is -2.15. The Morgan fingerprint density at radius 3 is 2.47 bits per heavy atom. The fraction of sp³-hybridized carbons (Fsp3) is 0.167. The minimum absolute atomic E-state index is 0.0571. The van der Waals surface area contributed by atoms with Crippen molar-refractivity contribution in [1.29, 1.82) is 0 Å². The molecule has 1 aromatic heterocycles. The highest BCUT2D eigenvalue weighted by molar-refractivity contribution is 7.07. The third-order valence-electron chi connectivity index (χ3n) is 2.62. The van der Waals surface area contributed by atoms with Crippen LogP contribution < -0.4 is 11.3 Å². The number of rotatable bonds is 4. The minimum atomic E-state index is -0.541. The summed E-state index contributed by atoms with van der Waals surface area (Å²) in [5.74, 6) is 4.34. The fourth-order valence-corrected chi connectivity index (χ4v) is 2.39. The highest BCUT2D eigenvalue weighted by atomic mass is 32.1. The molecule has 2 rings (SSSR count). The number of benzene rings is 1. The van der Waals surface area contributed by atoms with Crippen molar-refractivity contribution in [2.75, 3.05) is 0 Å². The molecule has 0 radical (unpaired) electrons. The Balaban J connectivity index is 2.25. The molecule has 17 heavy (non-hydrogen) atoms. The molecule has 2 nitrogen and oxygen atoms in total. The fourth-order valence-electron chi connectivity index (χ4n) is 1.68. The monoisotopic (exact) mass is 254 g/mol. The number of hydrogen-bond donors (Lipinski definition) is 2. The molecule has 3 N–H and O–H groups in total. The zero-order valence-corrected chi connectivity index (χ0v) is 9.81. The van der Waals surface area contributed by atoms with E-state index >= 15 is 0 Å². The highest BCUT2D eigenvalue weighted by Crippen LogP contribution is 2.23. The van der Waals surface area contributed by atoms with Crippen LogP contribution in [-0.2, 0) is 6.42 Å². The van der Waals surface area contributed by atoms with E-state index in [2.05, 4.69) is 5.43 Å². The lowest BCUT2D eigenvalue weighted by molar-refractivity contribution is 0.500. The molecule has 0 saturated carbocycles. The molecule has 2 aromatic rings. The summed E-state index contributed by atoms with van der Waals surface area (Å²) in [6.07, 6.45) is 0.186. The predicted molar refractivity (Wildman–Crippen MR) is 64.4 cm³/mol. The van der Waals surface area contributed by atoms with Crippen molar-refractivity contribution < 1.29 is 8.78 Å². The summed E-state index contributed by atoms with van der Waals surface area (Å²) in [4.78, 5) is 0. The van der Waals surface area contributed by atoms with Crippen LogP contribution >= 0.6 is 11.3 Å². The maximum atomic E-state index is 13.5. The lowest BCUT2D eigenvalue weighted by atomic mass is 10.0. The topological polar surface area (TPSA) is 38.0 Å². The molecule has 0 amide bonds. The van der Waals surface area contributed by atoms with Gasteiger partial charge in [0, 0.05) is 5.56 Å². The zero-order valence-electron chi connectivity index (χ0n) is 8.99. The first kappa shape index (κ1) is 12.2. The second-order valence-corrected chi connectivity index (χ2v) is 4.46. The van der Waals surface area contributed by atoms with E-state index in [0.717, 1.165) is 5.56 Å². The first-order valence-electron chi connectivity index (χ1n) is 5.13. The van der Waals surface area contributed by atoms with Crippen molar-refractivity contribution in [3.05, 3.63) is 57.8 Å². The Bertz CT molecular complexity index is 465. The molecule has 0 fully saturated rings. The molecule has 0 bridgehead atoms. The number of halogens is 2. The van der Waals surface area contributed by atoms with Crippen LogP contribution in [0.15, 0.2) is 35.0 Å². The molecule has 0 aliphatic heterocycles. The third-order valence-corrected chi connectivity index (χ3v) is 3.32. The first-order valence-corrected chi connectivity index (χ1v) is 6.07. The minimum Gasteiger partial charge on any atom is -0.271 e. The molecule has 1 atom stereocenters. The van der Waals surface area contributed by atoms with Gasteiger partial charge in [0.15, 0.2) is 0 Å². The standard InChI is InChI=1S/C12H12F2N2S/c13-10-2-1-3-11(14)9(10)6-12(16-15)8-4-5-17-7-8/h1-5,7,12,16H,6,15H2. The molecule has 0 aliphatic rings. The second kappa shape index (κ2) is 5.35. The normalized spacial score (nSPS) is 12.6. The Morgan fingerprint density at radius 2 is 1.94 bits per heavy atom. The average molecular weight is 254 g/mol. The van der Waals surface area contributed by atoms with Gasteiger partial charge in [-0.2, -0.15) is 11.3 Å². The first-order chi connectivity index (χ1) is 8.22. The number of hydrazine groups is 1. The van der Waals surface area contributed by atoms with Crippen molar-refractivity contribution in [3.63, 3.8) is 0 Å². The van der Waals surface area contributed by atoms with E-state index in [1.807, 2.05) is 16.8 Å². The SMILES string of the molecule is NNC(Cc1c(F)cccc1F)c1ccsc1. The van der Waals surface area contributed by atoms with E-state index in [9.17, 15) is 8.78 Å². The highest BCUT2D eigenvalue weighted by Gasteiger charge is 2.16. The molecule has 1 unspecified atom stereocenters. The largest absolute Gasteiger partial charge is 0.271 e. The summed E-state index contributed by atoms with van der Waals surface area (Å²) in [5, 5.41) is 3.81. The van der Waals surface area contributed by atoms with Gasteiger partial charge < -0.3 is 0 Å². The van der Waals surface area contributed by atoms with E-state index in [4.69, 9.17) is 5.84 Å². The van der Waals surface area contributed by atoms with Gasteiger partial charge in [-0.05, 0) is 40.9 Å². The second-order valence-electron chi connectivity index (χ2n) is 3.68. The van der Waals surface area contributed by atoms with Crippen molar-refractivity contribution in [1.82, 2.24) is 5.43 Å². The molecule has 1 aromatic carbocycles. The van der Waals surface area contributed by atoms with Crippen LogP contribution in [-0.4, -0.2) is 0 Å². The molecule has 5 heteroatoms. The van der Waals surface area contributed by atoms with Crippen LogP contribution in [0.2, 0.25) is 0 Å². The Hall–Kier alpha value is -1.30. The summed E-state index contributed by atoms with van der Waals surface area (Å²) >= 11 is 1.52. The van der Waals surface area contributed by atoms with Crippen LogP contribution in [0, 0.1) is 11.6 Å². The summed E-state index contributed by atoms with van der Waals surface area (Å²) in [7, 11) is 0. The number of nitrogens with two attached hydrogens (primary N) is 1. The zero-order chi connectivity index (χ0) is 12.3. The smallest absolute Gasteiger partial charge is 0.129 e. The molecule has 1 heterocycles. The van der Waals surface area contributed by atoms with Crippen molar-refractivity contribution >= 4 is 11.3 Å². The number of nitrogens with one attached hydrogen (secondary N) is 1. The average Bonchev–Trinajstić information content (AvgIpc) is 2.82. The van der Waals surface area contributed by atoms with E-state index in [-0.39, 0.29) is 18.0 Å². The van der Waals surface area contributed by atoms with Gasteiger partial charge in [0.1, 0.15) is 11.6 Å². The maximum absolute atomic E-state index is 13.5. The van der Waals surface area contributed by atoms with Gasteiger partial charge in [0.05, 0.1) is 6.04 Å². The van der Waals surface area contributed by atoms with Crippen LogP contribution in [0.5, 0.6) is 0 Å². The Labute approximate surface area is 102 Å². The van der Waals surface area contributed by atoms with Crippen molar-refractivity contribution in [2.24, 2.45) is 5.84 Å². The molecule has 0 spiro atoms. The Morgan fingerprint density at radius 1 is 1.24 bits per heavy atom. The maximum Gasteiger partial charge on any atom is 0.129 e. The van der Waals surface area contributed by atoms with Crippen LogP contribution in [0.3, 0.4) is 0 Å². The molecule has 90 valence electrons. The van der Waals surface area contributed by atoms with Crippen LogP contribution in [0.4, 0.5) is 8.78 Å². The summed E-state index contributed by atoms with van der Waals surface area (Å²) < 4.78 is 27.0. The number of hydrogen-bond acceptors (Lipinski definition) is 3. The predicted octanol–water partition coefficient (Wildman–Crippen LogP) is 2.77. The third kappa shape index (κ3) is 2.69. The summed E-state index contributed by atoms with van der Waals surface area (Å²) in [6.45, 7) is 0. The van der Waals surface area contributed by atoms with Crippen molar-refractivity contribution in [3.8, 4) is 0 Å². The molecule has 0 saturated heterocycles. The van der Waals surface area contributed by atoms with Gasteiger partial charge in [-0.3, -0.25) is 11.3 Å². The van der Waals surface area contributed by atoms with E-state index < -0.39 is 11.6 Å². The lowest BCUT2D eigenvalue weighted by Crippen LogP contribution is -2.29. The summed E-state index contributed by atoms with van der Waals surface area (Å²) in [5.41, 5.74) is 3.57. The molecular weight excluding hydrogens is 242 g/mol. The van der Waals surface area contributed by atoms with Gasteiger partial charge in [0.25, 0.3) is 0 Å². The molecule has 0 aliphatic carbocycles. The van der Waals surface area contributed by atoms with Gasteiger partial charge in [-0.25, -0.2) is 8.78 Å². The van der Waals surface area contributed by atoms with Gasteiger partial charge in [-0.1, -0.05) is 6.07 Å². The Kier molecular flexibility index (Phi) is 3.83. The quantitative estimate of drug-likeness (QED) is 0.650. The van der Waals surface area contributed by atoms with E-state index in [0.29, 0.717) is 0 Å². The van der Waals surface area contributed by atoms with Gasteiger partial charge in [-0.15, -0.1) is 0 Å². The van der Waals surface area contributed by atoms with Crippen LogP contribution in [0.25, 0.3) is 0 Å². The molecular formula is C12H12F2N2S. The number of thiophene rings is 1. The van der Waals surface area contributed by atoms with E-state index in [1.165, 1.54) is 29.5 Å². The van der Waals surface area contributed by atoms with Crippen molar-refractivity contribution in [2.45, 2.75) is 12.5 Å². The van der Waals surface area contributed by atoms with E-state index in [1.54, 1.807) is 0 Å². The van der Waals surface area contributed by atoms with Crippen LogP contribution in [0.1, 0.15) is 17.2 Å². The van der Waals surface area contributed by atoms with Gasteiger partial charge >= 0.3 is 0 Å². The van der Waals surface area contributed by atoms with Gasteiger partial charge in [0.2, 0.25) is 0 Å². The summed E-state index contributed by atoms with van der Waals surface area (Å²) in [6, 6.07) is 5.45.